The van der Waals surface area contributed by atoms with Crippen LogP contribution in [0.4, 0.5) is 5.82 Å². The summed E-state index contributed by atoms with van der Waals surface area (Å²) < 4.78 is 5.93. The molecule has 3 aliphatic rings. The summed E-state index contributed by atoms with van der Waals surface area (Å²) in [5, 5.41) is 6.91. The Morgan fingerprint density at radius 3 is 2.84 bits per heavy atom. The first kappa shape index (κ1) is 16.6. The van der Waals surface area contributed by atoms with Gasteiger partial charge in [-0.25, -0.2) is 9.98 Å². The number of anilines is 1. The quantitative estimate of drug-likeness (QED) is 0.633. The highest BCUT2D eigenvalue weighted by molar-refractivity contribution is 5.80. The first-order valence-electron chi connectivity index (χ1n) is 9.72. The maximum atomic E-state index is 5.93. The number of pyridine rings is 1. The van der Waals surface area contributed by atoms with E-state index in [4.69, 9.17) is 9.73 Å². The lowest BCUT2D eigenvalue weighted by atomic mass is 9.96. The molecular weight excluding hydrogens is 314 g/mol. The molecular formula is C19H29N5O. The fraction of sp³-hybridized carbons (Fsp3) is 0.684. The zero-order valence-electron chi connectivity index (χ0n) is 15.1. The number of hydrogen-bond donors (Lipinski definition) is 2. The largest absolute Gasteiger partial charge is 0.373 e. The van der Waals surface area contributed by atoms with Crippen LogP contribution >= 0.6 is 0 Å². The maximum Gasteiger partial charge on any atom is 0.191 e. The van der Waals surface area contributed by atoms with Crippen molar-refractivity contribution in [1.82, 2.24) is 15.6 Å². The number of rotatable bonds is 5. The van der Waals surface area contributed by atoms with Crippen molar-refractivity contribution in [3.63, 3.8) is 0 Å². The molecule has 0 aliphatic carbocycles. The van der Waals surface area contributed by atoms with E-state index in [1.54, 1.807) is 0 Å². The molecule has 3 aliphatic heterocycles. The summed E-state index contributed by atoms with van der Waals surface area (Å²) in [7, 11) is 0. The van der Waals surface area contributed by atoms with Gasteiger partial charge in [0.2, 0.25) is 0 Å². The Morgan fingerprint density at radius 2 is 2.20 bits per heavy atom. The summed E-state index contributed by atoms with van der Waals surface area (Å²) in [4.78, 5) is 11.7. The fourth-order valence-corrected chi connectivity index (χ4v) is 4.10. The number of aliphatic imine (C=N–C) groups is 1. The van der Waals surface area contributed by atoms with Gasteiger partial charge in [0.1, 0.15) is 5.82 Å². The second kappa shape index (κ2) is 7.60. The van der Waals surface area contributed by atoms with Crippen LogP contribution in [0.25, 0.3) is 0 Å². The number of hydrogen-bond acceptors (Lipinski definition) is 4. The van der Waals surface area contributed by atoms with Crippen LogP contribution in [-0.4, -0.2) is 48.8 Å². The molecule has 136 valence electrons. The van der Waals surface area contributed by atoms with Crippen molar-refractivity contribution in [2.75, 3.05) is 24.5 Å². The van der Waals surface area contributed by atoms with Crippen LogP contribution in [0, 0.1) is 0 Å². The first-order valence-corrected chi connectivity index (χ1v) is 9.72. The van der Waals surface area contributed by atoms with Crippen LogP contribution in [0.2, 0.25) is 0 Å². The van der Waals surface area contributed by atoms with Crippen molar-refractivity contribution in [3.05, 3.63) is 23.9 Å². The maximum absolute atomic E-state index is 5.93. The Labute approximate surface area is 150 Å². The van der Waals surface area contributed by atoms with E-state index in [0.717, 1.165) is 43.4 Å². The van der Waals surface area contributed by atoms with Gasteiger partial charge in [0.15, 0.2) is 5.96 Å². The molecule has 0 spiro atoms. The number of aromatic nitrogens is 1. The van der Waals surface area contributed by atoms with Crippen LogP contribution in [0.3, 0.4) is 0 Å². The van der Waals surface area contributed by atoms with Crippen molar-refractivity contribution in [2.45, 2.75) is 63.8 Å². The monoisotopic (exact) mass is 343 g/mol. The lowest BCUT2D eigenvalue weighted by Gasteiger charge is -2.22. The van der Waals surface area contributed by atoms with Gasteiger partial charge in [0.05, 0.1) is 24.8 Å². The molecule has 0 radical (unpaired) electrons. The summed E-state index contributed by atoms with van der Waals surface area (Å²) >= 11 is 0. The smallest absolute Gasteiger partial charge is 0.191 e. The van der Waals surface area contributed by atoms with Crippen LogP contribution in [-0.2, 0) is 11.3 Å². The molecule has 3 unspecified atom stereocenters. The Hall–Kier alpha value is -1.82. The highest BCUT2D eigenvalue weighted by atomic mass is 16.5. The van der Waals surface area contributed by atoms with Gasteiger partial charge in [0.25, 0.3) is 0 Å². The summed E-state index contributed by atoms with van der Waals surface area (Å²) in [5.74, 6) is 1.97. The van der Waals surface area contributed by atoms with Crippen LogP contribution in [0.5, 0.6) is 0 Å². The molecule has 1 aromatic rings. The van der Waals surface area contributed by atoms with Gasteiger partial charge in [-0.3, -0.25) is 0 Å². The molecule has 6 nitrogen and oxygen atoms in total. The molecule has 4 heterocycles. The van der Waals surface area contributed by atoms with Gasteiger partial charge >= 0.3 is 0 Å². The highest BCUT2D eigenvalue weighted by Gasteiger charge is 2.41. The molecule has 6 heteroatoms. The van der Waals surface area contributed by atoms with Crippen LogP contribution in [0.1, 0.15) is 44.6 Å². The van der Waals surface area contributed by atoms with Gasteiger partial charge in [-0.05, 0) is 50.7 Å². The Bertz CT molecular complexity index is 596. The number of fused-ring (bicyclic) bond motifs is 2. The van der Waals surface area contributed by atoms with E-state index >= 15 is 0 Å². The van der Waals surface area contributed by atoms with E-state index in [2.05, 4.69) is 39.6 Å². The van der Waals surface area contributed by atoms with E-state index in [-0.39, 0.29) is 0 Å². The molecule has 2 N–H and O–H groups in total. The normalized spacial score (nSPS) is 28.6. The predicted molar refractivity (Wildman–Crippen MR) is 99.9 cm³/mol. The molecule has 3 fully saturated rings. The Kier molecular flexibility index (Phi) is 5.06. The lowest BCUT2D eigenvalue weighted by Crippen LogP contribution is -2.47. The summed E-state index contributed by atoms with van der Waals surface area (Å²) in [6.45, 7) is 5.86. The van der Waals surface area contributed by atoms with Gasteiger partial charge < -0.3 is 20.3 Å². The SMILES string of the molecule is CCNC(=NCc1ccc(N2CCCC2)nc1)NC1CC2CCC1O2. The standard InChI is InChI=1S/C19H29N5O/c1-2-20-19(23-16-11-15-6-7-17(16)25-15)22-13-14-5-8-18(21-12-14)24-9-3-4-10-24/h5,8,12,15-17H,2-4,6-7,9-11,13H2,1H3,(H2,20,22,23). The summed E-state index contributed by atoms with van der Waals surface area (Å²) in [6.07, 6.45) is 8.80. The third-order valence-corrected chi connectivity index (χ3v) is 5.43. The minimum atomic E-state index is 0.357. The van der Waals surface area contributed by atoms with E-state index in [9.17, 15) is 0 Å². The average molecular weight is 343 g/mol. The topological polar surface area (TPSA) is 61.8 Å². The summed E-state index contributed by atoms with van der Waals surface area (Å²) in [5.41, 5.74) is 1.14. The van der Waals surface area contributed by atoms with Crippen molar-refractivity contribution in [3.8, 4) is 0 Å². The number of nitrogens with zero attached hydrogens (tertiary/aromatic N) is 3. The van der Waals surface area contributed by atoms with Gasteiger partial charge in [0, 0.05) is 25.8 Å². The third kappa shape index (κ3) is 3.89. The Morgan fingerprint density at radius 1 is 1.32 bits per heavy atom. The summed E-state index contributed by atoms with van der Waals surface area (Å²) in [6, 6.07) is 4.67. The first-order chi connectivity index (χ1) is 12.3. The minimum absolute atomic E-state index is 0.357. The zero-order chi connectivity index (χ0) is 17.1. The van der Waals surface area contributed by atoms with Crippen molar-refractivity contribution >= 4 is 11.8 Å². The number of nitrogens with one attached hydrogen (secondary N) is 2. The molecule has 2 bridgehead atoms. The fourth-order valence-electron chi connectivity index (χ4n) is 4.10. The van der Waals surface area contributed by atoms with Crippen molar-refractivity contribution in [1.29, 1.82) is 0 Å². The van der Waals surface area contributed by atoms with Crippen LogP contribution in [0.15, 0.2) is 23.3 Å². The van der Waals surface area contributed by atoms with E-state index < -0.39 is 0 Å². The molecule has 0 amide bonds. The lowest BCUT2D eigenvalue weighted by molar-refractivity contribution is 0.0992. The Balaban J connectivity index is 1.35. The van der Waals surface area contributed by atoms with Gasteiger partial charge in [-0.1, -0.05) is 6.07 Å². The van der Waals surface area contributed by atoms with E-state index in [0.29, 0.717) is 24.8 Å². The number of guanidine groups is 1. The molecule has 3 atom stereocenters. The highest BCUT2D eigenvalue weighted by Crippen LogP contribution is 2.34. The third-order valence-electron chi connectivity index (χ3n) is 5.43. The molecule has 0 aromatic carbocycles. The molecule has 25 heavy (non-hydrogen) atoms. The van der Waals surface area contributed by atoms with E-state index in [1.807, 2.05) is 6.20 Å². The minimum Gasteiger partial charge on any atom is -0.373 e. The van der Waals surface area contributed by atoms with Crippen LogP contribution < -0.4 is 15.5 Å². The molecule has 4 rings (SSSR count). The average Bonchev–Trinajstić information content (AvgIpc) is 3.38. The van der Waals surface area contributed by atoms with E-state index in [1.165, 1.54) is 25.7 Å². The second-order valence-electron chi connectivity index (χ2n) is 7.27. The molecule has 1 aromatic heterocycles. The predicted octanol–water partition coefficient (Wildman–Crippen LogP) is 2.06. The van der Waals surface area contributed by atoms with Gasteiger partial charge in [-0.2, -0.15) is 0 Å². The zero-order valence-corrected chi connectivity index (χ0v) is 15.1. The molecule has 0 saturated carbocycles. The van der Waals surface area contributed by atoms with Crippen molar-refractivity contribution in [2.24, 2.45) is 4.99 Å². The number of ether oxygens (including phenoxy) is 1. The molecule has 3 saturated heterocycles. The van der Waals surface area contributed by atoms with Gasteiger partial charge in [-0.15, -0.1) is 0 Å². The van der Waals surface area contributed by atoms with Crippen molar-refractivity contribution < 1.29 is 4.74 Å². The second-order valence-corrected chi connectivity index (χ2v) is 7.27.